The number of aromatic nitrogens is 6. The molecule has 2 heterocycles. The molecule has 0 aliphatic rings. The zero-order valence-electron chi connectivity index (χ0n) is 37.3. The van der Waals surface area contributed by atoms with Gasteiger partial charge in [0.25, 0.3) is 0 Å². The molecule has 0 radical (unpaired) electrons. The van der Waals surface area contributed by atoms with Gasteiger partial charge in [0.15, 0.2) is 0 Å². The minimum Gasteiger partial charge on any atom is -0.284 e. The third-order valence-electron chi connectivity index (χ3n) is 11.4. The molecule has 316 valence electrons. The molecule has 8 heteroatoms. The third kappa shape index (κ3) is 19.1. The molecule has 2 aromatic heterocycles. The molecule has 0 atom stereocenters. The number of benzene rings is 2. The largest absolute Gasteiger partial charge is 0.284 e. The van der Waals surface area contributed by atoms with E-state index < -0.39 is 0 Å². The van der Waals surface area contributed by atoms with Gasteiger partial charge in [-0.25, -0.2) is 9.36 Å². The quantitative estimate of drug-likeness (QED) is 0.0461. The molecule has 4 rings (SSSR count). The Morgan fingerprint density at radius 2 is 0.857 bits per heavy atom. The summed E-state index contributed by atoms with van der Waals surface area (Å²) in [5.74, 6) is 0. The Labute approximate surface area is 343 Å². The number of nitrogens with zero attached hydrogens (tertiary/aromatic N) is 8. The summed E-state index contributed by atoms with van der Waals surface area (Å²) in [5, 5.41) is 17.7. The third-order valence-corrected chi connectivity index (χ3v) is 11.4. The summed E-state index contributed by atoms with van der Waals surface area (Å²) in [5.41, 5.74) is 6.83. The van der Waals surface area contributed by atoms with E-state index in [9.17, 15) is 0 Å². The van der Waals surface area contributed by atoms with E-state index in [1.54, 1.807) is 0 Å². The molecule has 0 amide bonds. The topological polar surface area (TPSA) is 67.9 Å². The molecule has 0 fully saturated rings. The lowest BCUT2D eigenvalue weighted by Crippen LogP contribution is -2.29. The molecule has 8 nitrogen and oxygen atoms in total. The number of aryl methyl sites for hydroxylation is 2. The Hall–Kier alpha value is -2.84. The van der Waals surface area contributed by atoms with E-state index in [0.717, 1.165) is 35.4 Å². The fourth-order valence-corrected chi connectivity index (χ4v) is 7.77. The average Bonchev–Trinajstić information content (AvgIpc) is 3.80. The number of hydrogen-bond acceptors (Lipinski definition) is 6. The summed E-state index contributed by atoms with van der Waals surface area (Å²) in [4.78, 5) is 5.18. The van der Waals surface area contributed by atoms with Gasteiger partial charge in [0.1, 0.15) is 11.0 Å². The van der Waals surface area contributed by atoms with Gasteiger partial charge >= 0.3 is 0 Å². The van der Waals surface area contributed by atoms with Crippen molar-refractivity contribution in [1.82, 2.24) is 39.8 Å². The van der Waals surface area contributed by atoms with Crippen molar-refractivity contribution in [3.63, 3.8) is 0 Å². The Bertz CT molecular complexity index is 1490. The maximum absolute atomic E-state index is 4.46. The lowest BCUT2D eigenvalue weighted by atomic mass is 10.1. The van der Waals surface area contributed by atoms with Gasteiger partial charge in [0.05, 0.1) is 24.4 Å². The summed E-state index contributed by atoms with van der Waals surface area (Å²) in [6, 6.07) is 12.8. The van der Waals surface area contributed by atoms with Gasteiger partial charge in [-0.2, -0.15) is 0 Å². The highest BCUT2D eigenvalue weighted by molar-refractivity contribution is 5.77. The van der Waals surface area contributed by atoms with E-state index in [-0.39, 0.29) is 0 Å². The van der Waals surface area contributed by atoms with Gasteiger partial charge in [0.2, 0.25) is 0 Å². The second kappa shape index (κ2) is 30.3. The SMILES string of the molecule is CCCCCCCCN(CCCCCCCC)Cn1nnc2c(C)cccc21.CCCCCCCCN(CCCCCCCC)Cn1nnc2cc(C)ccc21. The van der Waals surface area contributed by atoms with Gasteiger partial charge in [0, 0.05) is 0 Å². The van der Waals surface area contributed by atoms with Gasteiger partial charge in [-0.15, -0.1) is 10.2 Å². The van der Waals surface area contributed by atoms with Crippen molar-refractivity contribution in [3.05, 3.63) is 47.5 Å². The van der Waals surface area contributed by atoms with E-state index in [4.69, 9.17) is 0 Å². The zero-order valence-corrected chi connectivity index (χ0v) is 37.3. The predicted molar refractivity (Wildman–Crippen MR) is 241 cm³/mol. The molecule has 0 bridgehead atoms. The molecular formula is C48H84N8. The first-order chi connectivity index (χ1) is 27.5. The van der Waals surface area contributed by atoms with Crippen LogP contribution in [0.2, 0.25) is 0 Å². The molecule has 2 aromatic carbocycles. The van der Waals surface area contributed by atoms with Crippen LogP contribution < -0.4 is 0 Å². The molecule has 0 unspecified atom stereocenters. The van der Waals surface area contributed by atoms with Crippen LogP contribution in [0.15, 0.2) is 36.4 Å². The second-order valence-electron chi connectivity index (χ2n) is 16.7. The van der Waals surface area contributed by atoms with Gasteiger partial charge in [-0.3, -0.25) is 9.80 Å². The van der Waals surface area contributed by atoms with Crippen molar-refractivity contribution in [3.8, 4) is 0 Å². The Morgan fingerprint density at radius 1 is 0.446 bits per heavy atom. The van der Waals surface area contributed by atoms with E-state index in [1.165, 1.54) is 191 Å². The van der Waals surface area contributed by atoms with Crippen molar-refractivity contribution in [1.29, 1.82) is 0 Å². The van der Waals surface area contributed by atoms with E-state index >= 15 is 0 Å². The fraction of sp³-hybridized carbons (Fsp3) is 0.750. The first kappa shape index (κ1) is 47.5. The van der Waals surface area contributed by atoms with E-state index in [1.807, 2.05) is 0 Å². The van der Waals surface area contributed by atoms with Crippen molar-refractivity contribution in [2.75, 3.05) is 26.2 Å². The highest BCUT2D eigenvalue weighted by Crippen LogP contribution is 2.18. The van der Waals surface area contributed by atoms with Crippen LogP contribution in [-0.4, -0.2) is 66.0 Å². The van der Waals surface area contributed by atoms with Gasteiger partial charge in [-0.1, -0.05) is 185 Å². The standard InChI is InChI=1S/2C24H42N4/c1-4-6-8-10-12-14-19-27(20-15-13-11-9-7-5-2)21-28-23-18-16-17-22(3)24(23)25-26-28;1-4-6-8-10-12-14-18-27(19-15-13-11-9-7-5-2)21-28-24-17-16-22(3)20-23(24)25-26-28/h16-18H,4-15,19-21H2,1-3H3;16-17,20H,4-15,18-19,21H2,1-3H3. The van der Waals surface area contributed by atoms with Gasteiger partial charge in [-0.05, 0) is 95.0 Å². The normalized spacial score (nSPS) is 11.7. The van der Waals surface area contributed by atoms with Crippen LogP contribution in [0.1, 0.15) is 193 Å². The van der Waals surface area contributed by atoms with Crippen LogP contribution in [0, 0.1) is 13.8 Å². The maximum atomic E-state index is 4.46. The van der Waals surface area contributed by atoms with Crippen LogP contribution in [0.5, 0.6) is 0 Å². The minimum atomic E-state index is 0.865. The lowest BCUT2D eigenvalue weighted by Gasteiger charge is -2.22. The number of unbranched alkanes of at least 4 members (excludes halogenated alkanes) is 20. The van der Waals surface area contributed by atoms with Crippen LogP contribution in [0.25, 0.3) is 22.1 Å². The van der Waals surface area contributed by atoms with Crippen LogP contribution in [0.3, 0.4) is 0 Å². The highest BCUT2D eigenvalue weighted by atomic mass is 15.5. The molecule has 0 spiro atoms. The van der Waals surface area contributed by atoms with Crippen molar-refractivity contribution in [2.45, 2.75) is 209 Å². The Balaban J connectivity index is 0.000000300. The van der Waals surface area contributed by atoms with Crippen LogP contribution >= 0.6 is 0 Å². The first-order valence-corrected chi connectivity index (χ1v) is 23.5. The molecular weight excluding hydrogens is 689 g/mol. The Kier molecular flexibility index (Phi) is 25.7. The van der Waals surface area contributed by atoms with E-state index in [0.29, 0.717) is 0 Å². The molecule has 56 heavy (non-hydrogen) atoms. The molecule has 4 aromatic rings. The molecule has 0 saturated carbocycles. The molecule has 0 N–H and O–H groups in total. The van der Waals surface area contributed by atoms with Crippen molar-refractivity contribution >= 4 is 22.1 Å². The van der Waals surface area contributed by atoms with Crippen molar-refractivity contribution in [2.24, 2.45) is 0 Å². The average molecular weight is 773 g/mol. The van der Waals surface area contributed by atoms with Gasteiger partial charge < -0.3 is 0 Å². The van der Waals surface area contributed by atoms with Crippen molar-refractivity contribution < 1.29 is 0 Å². The lowest BCUT2D eigenvalue weighted by molar-refractivity contribution is 0.199. The second-order valence-corrected chi connectivity index (χ2v) is 16.7. The number of fused-ring (bicyclic) bond motifs is 2. The zero-order chi connectivity index (χ0) is 40.1. The smallest absolute Gasteiger partial charge is 0.116 e. The monoisotopic (exact) mass is 773 g/mol. The first-order valence-electron chi connectivity index (χ1n) is 23.5. The molecule has 0 aliphatic heterocycles. The summed E-state index contributed by atoms with van der Waals surface area (Å²) < 4.78 is 4.18. The van der Waals surface area contributed by atoms with E-state index in [2.05, 4.69) is 118 Å². The molecule has 0 aliphatic carbocycles. The van der Waals surface area contributed by atoms with Crippen LogP contribution in [0.4, 0.5) is 0 Å². The molecule has 0 saturated heterocycles. The summed E-state index contributed by atoms with van der Waals surface area (Å²) in [7, 11) is 0. The Morgan fingerprint density at radius 3 is 1.32 bits per heavy atom. The summed E-state index contributed by atoms with van der Waals surface area (Å²) >= 11 is 0. The number of rotatable bonds is 32. The predicted octanol–water partition coefficient (Wildman–Crippen LogP) is 13.4. The van der Waals surface area contributed by atoms with Crippen LogP contribution in [-0.2, 0) is 13.3 Å². The summed E-state index contributed by atoms with van der Waals surface area (Å²) in [6.07, 6.45) is 32.5. The minimum absolute atomic E-state index is 0.865. The summed E-state index contributed by atoms with van der Waals surface area (Å²) in [6.45, 7) is 19.8. The fourth-order valence-electron chi connectivity index (χ4n) is 7.77. The maximum Gasteiger partial charge on any atom is 0.116 e. The highest BCUT2D eigenvalue weighted by Gasteiger charge is 2.12. The number of hydrogen-bond donors (Lipinski definition) is 0.